The zero-order valence-electron chi connectivity index (χ0n) is 4.25. The Bertz CT molecular complexity index is 48.1. The normalized spacial score (nSPS) is 12.0. The van der Waals surface area contributed by atoms with E-state index in [0.29, 0.717) is 13.0 Å². The Labute approximate surface area is 53.8 Å². The van der Waals surface area contributed by atoms with Gasteiger partial charge in [-0.1, -0.05) is 0 Å². The molecule has 0 bridgehead atoms. The number of alkyl halides is 2. The molecule has 2 N–H and O–H groups in total. The molecule has 0 aromatic rings. The van der Waals surface area contributed by atoms with Gasteiger partial charge in [-0.3, -0.25) is 0 Å². The van der Waals surface area contributed by atoms with Gasteiger partial charge in [-0.2, -0.15) is 0 Å². The topological polar surface area (TPSA) is 26.0 Å². The lowest BCUT2D eigenvalue weighted by Gasteiger charge is -2.08. The van der Waals surface area contributed by atoms with E-state index >= 15 is 0 Å². The Balaban J connectivity index is 3.15. The number of hydrogen-bond acceptors (Lipinski definition) is 1. The summed E-state index contributed by atoms with van der Waals surface area (Å²) in [5.41, 5.74) is 5.15. The van der Waals surface area contributed by atoms with Crippen LogP contribution in [0.1, 0.15) is 13.3 Å². The molecule has 0 aliphatic carbocycles. The maximum absolute atomic E-state index is 5.52. The summed E-state index contributed by atoms with van der Waals surface area (Å²) in [5, 5.41) is 0. The molecule has 0 spiro atoms. The van der Waals surface area contributed by atoms with Gasteiger partial charge in [0, 0.05) is 0 Å². The number of rotatable bonds is 2. The first-order valence-corrected chi connectivity index (χ1v) is 2.90. The molecule has 1 nitrogen and oxygen atoms in total. The molecule has 0 radical (unpaired) electrons. The Morgan fingerprint density at radius 2 is 2.00 bits per heavy atom. The standard InChI is InChI=1S/C4H9Cl2N/c1-4(5,6)2-3-7/h2-3,7H2,1H3. The number of halogens is 2. The Hall–Kier alpha value is 0.540. The Kier molecular flexibility index (Phi) is 2.96. The molecular weight excluding hydrogens is 133 g/mol. The number of hydrogen-bond donors (Lipinski definition) is 1. The van der Waals surface area contributed by atoms with Gasteiger partial charge in [0.15, 0.2) is 0 Å². The van der Waals surface area contributed by atoms with Crippen molar-refractivity contribution in [3.05, 3.63) is 0 Å². The molecule has 7 heavy (non-hydrogen) atoms. The van der Waals surface area contributed by atoms with Gasteiger partial charge in [0.2, 0.25) is 0 Å². The van der Waals surface area contributed by atoms with Crippen LogP contribution in [0.2, 0.25) is 0 Å². The van der Waals surface area contributed by atoms with Crippen LogP contribution in [0.3, 0.4) is 0 Å². The summed E-state index contributed by atoms with van der Waals surface area (Å²) in [4.78, 5) is 0. The van der Waals surface area contributed by atoms with Crippen molar-refractivity contribution < 1.29 is 0 Å². The van der Waals surface area contributed by atoms with Crippen LogP contribution in [0.4, 0.5) is 0 Å². The number of nitrogens with two attached hydrogens (primary N) is 1. The summed E-state index contributed by atoms with van der Waals surface area (Å²) in [6.45, 7) is 2.27. The first kappa shape index (κ1) is 7.54. The molecular formula is C4H9Cl2N. The van der Waals surface area contributed by atoms with Crippen LogP contribution < -0.4 is 5.73 Å². The summed E-state index contributed by atoms with van der Waals surface area (Å²) in [6, 6.07) is 0. The summed E-state index contributed by atoms with van der Waals surface area (Å²) in [7, 11) is 0. The van der Waals surface area contributed by atoms with Gasteiger partial charge in [-0.15, -0.1) is 23.2 Å². The van der Waals surface area contributed by atoms with E-state index in [4.69, 9.17) is 28.9 Å². The SMILES string of the molecule is CC(Cl)(Cl)CCN. The minimum absolute atomic E-state index is 0.545. The highest BCUT2D eigenvalue weighted by Gasteiger charge is 2.13. The molecule has 0 saturated carbocycles. The van der Waals surface area contributed by atoms with Crippen molar-refractivity contribution >= 4 is 23.2 Å². The average Bonchev–Trinajstić information content (AvgIpc) is 1.30. The average molecular weight is 142 g/mol. The van der Waals surface area contributed by atoms with Gasteiger partial charge in [0.1, 0.15) is 4.33 Å². The lowest BCUT2D eigenvalue weighted by molar-refractivity contribution is 0.759. The second-order valence-corrected chi connectivity index (χ2v) is 3.47. The fourth-order valence-electron chi connectivity index (χ4n) is 0.253. The zero-order valence-corrected chi connectivity index (χ0v) is 5.76. The lowest BCUT2D eigenvalue weighted by Crippen LogP contribution is -2.13. The first-order valence-electron chi connectivity index (χ1n) is 2.14. The molecule has 3 heteroatoms. The summed E-state index contributed by atoms with van der Waals surface area (Å²) in [6.07, 6.45) is 0.649. The van der Waals surface area contributed by atoms with Crippen molar-refractivity contribution in [2.75, 3.05) is 6.54 Å². The Morgan fingerprint density at radius 3 is 2.00 bits per heavy atom. The summed E-state index contributed by atoms with van der Waals surface area (Å²) in [5.74, 6) is 0. The van der Waals surface area contributed by atoms with Crippen molar-refractivity contribution in [3.8, 4) is 0 Å². The van der Waals surface area contributed by atoms with Crippen molar-refractivity contribution in [1.29, 1.82) is 0 Å². The van der Waals surface area contributed by atoms with Crippen molar-refractivity contribution in [2.24, 2.45) is 5.73 Å². The van der Waals surface area contributed by atoms with Crippen LogP contribution in [0.25, 0.3) is 0 Å². The monoisotopic (exact) mass is 141 g/mol. The highest BCUT2D eigenvalue weighted by molar-refractivity contribution is 6.48. The largest absolute Gasteiger partial charge is 0.330 e. The summed E-state index contributed by atoms with van der Waals surface area (Å²) >= 11 is 11.0. The minimum Gasteiger partial charge on any atom is -0.330 e. The fourth-order valence-corrected chi connectivity index (χ4v) is 0.472. The molecule has 0 aliphatic heterocycles. The van der Waals surface area contributed by atoms with Gasteiger partial charge in [-0.05, 0) is 19.9 Å². The smallest absolute Gasteiger partial charge is 0.116 e. The fraction of sp³-hybridized carbons (Fsp3) is 1.00. The van der Waals surface area contributed by atoms with Crippen LogP contribution >= 0.6 is 23.2 Å². The van der Waals surface area contributed by atoms with E-state index in [1.54, 1.807) is 6.92 Å². The molecule has 0 amide bonds. The van der Waals surface area contributed by atoms with E-state index in [1.807, 2.05) is 0 Å². The van der Waals surface area contributed by atoms with E-state index in [0.717, 1.165) is 0 Å². The molecule has 0 aromatic carbocycles. The van der Waals surface area contributed by atoms with Crippen LogP contribution in [-0.4, -0.2) is 10.9 Å². The second kappa shape index (κ2) is 2.75. The van der Waals surface area contributed by atoms with E-state index in [1.165, 1.54) is 0 Å². The molecule has 44 valence electrons. The van der Waals surface area contributed by atoms with Crippen LogP contribution in [0.5, 0.6) is 0 Å². The molecule has 0 atom stereocenters. The third-order valence-corrected chi connectivity index (χ3v) is 0.961. The van der Waals surface area contributed by atoms with E-state index in [2.05, 4.69) is 0 Å². The third-order valence-electron chi connectivity index (χ3n) is 0.583. The van der Waals surface area contributed by atoms with Crippen molar-refractivity contribution in [3.63, 3.8) is 0 Å². The predicted molar refractivity (Wildman–Crippen MR) is 33.8 cm³/mol. The van der Waals surface area contributed by atoms with E-state index in [-0.39, 0.29) is 0 Å². The minimum atomic E-state index is -0.630. The third kappa shape index (κ3) is 6.54. The first-order chi connectivity index (χ1) is 3.06. The predicted octanol–water partition coefficient (Wildman–Crippen LogP) is 1.53. The maximum atomic E-state index is 5.52. The molecule has 0 saturated heterocycles. The van der Waals surface area contributed by atoms with Gasteiger partial charge < -0.3 is 5.73 Å². The van der Waals surface area contributed by atoms with Gasteiger partial charge in [0.25, 0.3) is 0 Å². The van der Waals surface area contributed by atoms with Gasteiger partial charge in [-0.25, -0.2) is 0 Å². The van der Waals surface area contributed by atoms with Crippen LogP contribution in [-0.2, 0) is 0 Å². The quantitative estimate of drug-likeness (QED) is 0.581. The lowest BCUT2D eigenvalue weighted by atomic mass is 10.3. The van der Waals surface area contributed by atoms with Crippen LogP contribution in [0, 0.1) is 0 Å². The van der Waals surface area contributed by atoms with E-state index in [9.17, 15) is 0 Å². The molecule has 0 heterocycles. The zero-order chi connectivity index (χ0) is 5.91. The van der Waals surface area contributed by atoms with Gasteiger partial charge >= 0.3 is 0 Å². The van der Waals surface area contributed by atoms with E-state index < -0.39 is 4.33 Å². The Morgan fingerprint density at radius 1 is 1.57 bits per heavy atom. The highest BCUT2D eigenvalue weighted by atomic mass is 35.5. The molecule has 0 fully saturated rings. The maximum Gasteiger partial charge on any atom is 0.116 e. The van der Waals surface area contributed by atoms with Crippen molar-refractivity contribution in [1.82, 2.24) is 0 Å². The molecule has 0 aromatic heterocycles. The highest BCUT2D eigenvalue weighted by Crippen LogP contribution is 2.22. The molecule has 0 unspecified atom stereocenters. The van der Waals surface area contributed by atoms with Crippen molar-refractivity contribution in [2.45, 2.75) is 17.7 Å². The van der Waals surface area contributed by atoms with Crippen LogP contribution in [0.15, 0.2) is 0 Å². The molecule has 0 aliphatic rings. The van der Waals surface area contributed by atoms with Gasteiger partial charge in [0.05, 0.1) is 0 Å². The second-order valence-electron chi connectivity index (χ2n) is 1.61. The molecule has 0 rings (SSSR count). The summed E-state index contributed by atoms with van der Waals surface area (Å²) < 4.78 is -0.630.